The second-order valence-electron chi connectivity index (χ2n) is 5.12. The number of hydrogen-bond donors (Lipinski definition) is 1. The Kier molecular flexibility index (Phi) is 3.97. The number of pyridine rings is 1. The molecule has 0 spiro atoms. The quantitative estimate of drug-likeness (QED) is 0.748. The molecule has 0 amide bonds. The van der Waals surface area contributed by atoms with Gasteiger partial charge in [0.15, 0.2) is 0 Å². The van der Waals surface area contributed by atoms with E-state index in [0.29, 0.717) is 0 Å². The van der Waals surface area contributed by atoms with Crippen LogP contribution in [0.1, 0.15) is 11.1 Å². The largest absolute Gasteiger partial charge is 0.380 e. The van der Waals surface area contributed by atoms with Crippen LogP contribution in [0.15, 0.2) is 73.1 Å². The molecule has 104 valence electrons. The number of nitrogens with zero attached hydrogens (tertiary/aromatic N) is 1. The molecule has 0 fully saturated rings. The minimum absolute atomic E-state index is 0.822. The fraction of sp³-hybridized carbons (Fsp3) is 0.105. The van der Waals surface area contributed by atoms with Crippen LogP contribution in [-0.4, -0.2) is 4.98 Å². The number of hydrogen-bond acceptors (Lipinski definition) is 2. The Morgan fingerprint density at radius 1 is 0.905 bits per heavy atom. The van der Waals surface area contributed by atoms with E-state index in [9.17, 15) is 0 Å². The smallest absolute Gasteiger partial charge is 0.0425 e. The molecule has 0 aliphatic carbocycles. The van der Waals surface area contributed by atoms with Gasteiger partial charge >= 0.3 is 0 Å². The van der Waals surface area contributed by atoms with Crippen molar-refractivity contribution in [2.75, 3.05) is 5.32 Å². The summed E-state index contributed by atoms with van der Waals surface area (Å²) in [5, 5.41) is 3.55. The molecule has 2 aromatic carbocycles. The predicted molar refractivity (Wildman–Crippen MR) is 88.2 cm³/mol. The van der Waals surface area contributed by atoms with E-state index in [4.69, 9.17) is 0 Å². The van der Waals surface area contributed by atoms with E-state index in [-0.39, 0.29) is 0 Å². The lowest BCUT2D eigenvalue weighted by atomic mass is 10.0. The van der Waals surface area contributed by atoms with E-state index in [0.717, 1.165) is 12.2 Å². The summed E-state index contributed by atoms with van der Waals surface area (Å²) in [7, 11) is 0. The Morgan fingerprint density at radius 2 is 1.67 bits per heavy atom. The Bertz CT molecular complexity index is 706. The summed E-state index contributed by atoms with van der Waals surface area (Å²) >= 11 is 0. The van der Waals surface area contributed by atoms with Gasteiger partial charge in [0.05, 0.1) is 0 Å². The third-order valence-corrected chi connectivity index (χ3v) is 3.49. The summed E-state index contributed by atoms with van der Waals surface area (Å²) in [6.07, 6.45) is 3.66. The van der Waals surface area contributed by atoms with Crippen molar-refractivity contribution in [1.29, 1.82) is 0 Å². The summed E-state index contributed by atoms with van der Waals surface area (Å²) < 4.78 is 0. The van der Waals surface area contributed by atoms with Gasteiger partial charge in [-0.1, -0.05) is 42.5 Å². The van der Waals surface area contributed by atoms with Crippen LogP contribution in [0, 0.1) is 6.92 Å². The van der Waals surface area contributed by atoms with Gasteiger partial charge < -0.3 is 5.32 Å². The van der Waals surface area contributed by atoms with Gasteiger partial charge in [-0.15, -0.1) is 0 Å². The molecular weight excluding hydrogens is 256 g/mol. The number of aryl methyl sites for hydroxylation is 1. The fourth-order valence-electron chi connectivity index (χ4n) is 2.38. The second-order valence-corrected chi connectivity index (χ2v) is 5.12. The first kappa shape index (κ1) is 13.4. The van der Waals surface area contributed by atoms with Crippen molar-refractivity contribution in [3.63, 3.8) is 0 Å². The zero-order valence-electron chi connectivity index (χ0n) is 12.1. The Labute approximate surface area is 125 Å². The molecule has 1 aromatic heterocycles. The lowest BCUT2D eigenvalue weighted by Gasteiger charge is -2.13. The summed E-state index contributed by atoms with van der Waals surface area (Å²) in [6.45, 7) is 2.94. The lowest BCUT2D eigenvalue weighted by Crippen LogP contribution is -2.01. The summed E-state index contributed by atoms with van der Waals surface area (Å²) in [5.41, 5.74) is 6.08. The van der Waals surface area contributed by atoms with Gasteiger partial charge in [-0.25, -0.2) is 0 Å². The Balaban J connectivity index is 1.89. The lowest BCUT2D eigenvalue weighted by molar-refractivity contribution is 1.15. The molecular formula is C19H18N2. The first-order chi connectivity index (χ1) is 10.3. The number of anilines is 1. The maximum atomic E-state index is 4.09. The van der Waals surface area contributed by atoms with Crippen molar-refractivity contribution in [2.45, 2.75) is 13.5 Å². The highest BCUT2D eigenvalue weighted by Crippen LogP contribution is 2.28. The zero-order valence-corrected chi connectivity index (χ0v) is 12.1. The van der Waals surface area contributed by atoms with E-state index in [2.05, 4.69) is 59.7 Å². The molecule has 0 bridgehead atoms. The van der Waals surface area contributed by atoms with Crippen LogP contribution in [-0.2, 0) is 6.54 Å². The monoisotopic (exact) mass is 274 g/mol. The van der Waals surface area contributed by atoms with E-state index in [1.807, 2.05) is 30.6 Å². The third-order valence-electron chi connectivity index (χ3n) is 3.49. The average Bonchev–Trinajstić information content (AvgIpc) is 2.55. The van der Waals surface area contributed by atoms with Crippen LogP contribution in [0.5, 0.6) is 0 Å². The highest BCUT2D eigenvalue weighted by atomic mass is 14.9. The molecule has 0 unspecified atom stereocenters. The molecule has 2 heteroatoms. The number of aromatic nitrogens is 1. The predicted octanol–water partition coefficient (Wildman–Crippen LogP) is 4.67. The van der Waals surface area contributed by atoms with E-state index >= 15 is 0 Å². The molecule has 0 saturated carbocycles. The van der Waals surface area contributed by atoms with Gasteiger partial charge in [-0.05, 0) is 41.8 Å². The van der Waals surface area contributed by atoms with Crippen LogP contribution >= 0.6 is 0 Å². The van der Waals surface area contributed by atoms with Crippen LogP contribution < -0.4 is 5.32 Å². The molecule has 21 heavy (non-hydrogen) atoms. The van der Waals surface area contributed by atoms with E-state index < -0.39 is 0 Å². The average molecular weight is 274 g/mol. The maximum Gasteiger partial charge on any atom is 0.0425 e. The van der Waals surface area contributed by atoms with Crippen molar-refractivity contribution in [2.24, 2.45) is 0 Å². The number of benzene rings is 2. The summed E-state index contributed by atoms with van der Waals surface area (Å²) in [5.74, 6) is 0. The number of rotatable bonds is 4. The Hall–Kier alpha value is -2.61. The molecule has 0 atom stereocenters. The SMILES string of the molecule is Cc1ccc(-c2ccncc2)c(NCc2ccccc2)c1. The van der Waals surface area contributed by atoms with Crippen molar-refractivity contribution in [1.82, 2.24) is 4.98 Å². The van der Waals surface area contributed by atoms with Gasteiger partial charge in [0.2, 0.25) is 0 Å². The Morgan fingerprint density at radius 3 is 2.43 bits per heavy atom. The molecule has 0 aliphatic rings. The highest BCUT2D eigenvalue weighted by molar-refractivity contribution is 5.78. The molecule has 3 aromatic rings. The standard InChI is InChI=1S/C19H18N2/c1-15-7-8-18(17-9-11-20-12-10-17)19(13-15)21-14-16-5-3-2-4-6-16/h2-13,21H,14H2,1H3. The second kappa shape index (κ2) is 6.23. The fourth-order valence-corrected chi connectivity index (χ4v) is 2.38. The van der Waals surface area contributed by atoms with Crippen molar-refractivity contribution in [3.8, 4) is 11.1 Å². The summed E-state index contributed by atoms with van der Waals surface area (Å²) in [4.78, 5) is 4.09. The van der Waals surface area contributed by atoms with Gasteiger partial charge in [0.25, 0.3) is 0 Å². The molecule has 1 N–H and O–H groups in total. The molecule has 1 heterocycles. The maximum absolute atomic E-state index is 4.09. The normalized spacial score (nSPS) is 10.3. The van der Waals surface area contributed by atoms with Crippen LogP contribution in [0.2, 0.25) is 0 Å². The van der Waals surface area contributed by atoms with Crippen LogP contribution in [0.4, 0.5) is 5.69 Å². The first-order valence-corrected chi connectivity index (χ1v) is 7.12. The molecule has 0 radical (unpaired) electrons. The molecule has 2 nitrogen and oxygen atoms in total. The minimum atomic E-state index is 0.822. The van der Waals surface area contributed by atoms with Crippen molar-refractivity contribution in [3.05, 3.63) is 84.2 Å². The van der Waals surface area contributed by atoms with E-state index in [1.165, 1.54) is 22.3 Å². The third kappa shape index (κ3) is 3.29. The topological polar surface area (TPSA) is 24.9 Å². The van der Waals surface area contributed by atoms with E-state index in [1.54, 1.807) is 0 Å². The van der Waals surface area contributed by atoms with Crippen LogP contribution in [0.3, 0.4) is 0 Å². The highest BCUT2D eigenvalue weighted by Gasteiger charge is 2.05. The van der Waals surface area contributed by atoms with Gasteiger partial charge in [-0.2, -0.15) is 0 Å². The van der Waals surface area contributed by atoms with Crippen molar-refractivity contribution < 1.29 is 0 Å². The zero-order chi connectivity index (χ0) is 14.5. The van der Waals surface area contributed by atoms with Gasteiger partial charge in [0, 0.05) is 30.2 Å². The molecule has 3 rings (SSSR count). The minimum Gasteiger partial charge on any atom is -0.380 e. The molecule has 0 aliphatic heterocycles. The van der Waals surface area contributed by atoms with Gasteiger partial charge in [0.1, 0.15) is 0 Å². The first-order valence-electron chi connectivity index (χ1n) is 7.12. The van der Waals surface area contributed by atoms with Crippen molar-refractivity contribution >= 4 is 5.69 Å². The molecule has 0 saturated heterocycles. The van der Waals surface area contributed by atoms with Crippen LogP contribution in [0.25, 0.3) is 11.1 Å². The number of nitrogens with one attached hydrogen (secondary N) is 1. The van der Waals surface area contributed by atoms with Gasteiger partial charge in [-0.3, -0.25) is 4.98 Å². The summed E-state index contributed by atoms with van der Waals surface area (Å²) in [6, 6.07) is 21.0.